The van der Waals surface area contributed by atoms with Crippen molar-refractivity contribution in [3.05, 3.63) is 41.8 Å². The molecule has 0 aliphatic rings. The van der Waals surface area contributed by atoms with Gasteiger partial charge in [0.15, 0.2) is 11.0 Å². The van der Waals surface area contributed by atoms with Gasteiger partial charge in [-0.05, 0) is 31.5 Å². The minimum absolute atomic E-state index is 0.240. The molecule has 0 fully saturated rings. The van der Waals surface area contributed by atoms with Crippen molar-refractivity contribution in [2.24, 2.45) is 0 Å². The lowest BCUT2D eigenvalue weighted by molar-refractivity contribution is 0.185. The normalized spacial score (nSPS) is 11.1. The number of ether oxygens (including phenoxy) is 2. The monoisotopic (exact) mass is 405 g/mol. The zero-order valence-corrected chi connectivity index (χ0v) is 17.1. The quantitative estimate of drug-likeness (QED) is 0.480. The predicted molar refractivity (Wildman–Crippen MR) is 106 cm³/mol. The molecule has 7 nitrogen and oxygen atoms in total. The first-order chi connectivity index (χ1) is 13.7. The van der Waals surface area contributed by atoms with Crippen LogP contribution < -0.4 is 4.74 Å². The molecular weight excluding hydrogens is 381 g/mol. The van der Waals surface area contributed by atoms with Crippen LogP contribution in [0, 0.1) is 5.82 Å². The summed E-state index contributed by atoms with van der Waals surface area (Å²) < 4.78 is 27.9. The number of aryl methyl sites for hydroxylation is 1. The van der Waals surface area contributed by atoms with Gasteiger partial charge in [-0.1, -0.05) is 23.9 Å². The van der Waals surface area contributed by atoms with E-state index in [4.69, 9.17) is 9.47 Å². The molecule has 28 heavy (non-hydrogen) atoms. The van der Waals surface area contributed by atoms with Gasteiger partial charge >= 0.3 is 0 Å². The third-order valence-corrected chi connectivity index (χ3v) is 5.13. The van der Waals surface area contributed by atoms with Gasteiger partial charge in [-0.25, -0.2) is 4.39 Å². The van der Waals surface area contributed by atoms with Crippen LogP contribution in [-0.4, -0.2) is 44.9 Å². The Morgan fingerprint density at radius 3 is 2.61 bits per heavy atom. The van der Waals surface area contributed by atoms with Crippen molar-refractivity contribution in [1.82, 2.24) is 24.5 Å². The number of methoxy groups -OCH3 is 1. The number of aromatic nitrogens is 5. The first kappa shape index (κ1) is 20.3. The number of hydrogen-bond acceptors (Lipinski definition) is 6. The Kier molecular flexibility index (Phi) is 7.05. The van der Waals surface area contributed by atoms with Crippen molar-refractivity contribution in [2.45, 2.75) is 37.8 Å². The molecule has 0 N–H and O–H groups in total. The molecule has 2 aromatic heterocycles. The molecule has 0 aliphatic heterocycles. The van der Waals surface area contributed by atoms with Crippen LogP contribution in [0.5, 0.6) is 5.88 Å². The van der Waals surface area contributed by atoms with E-state index in [1.165, 1.54) is 12.1 Å². The zero-order chi connectivity index (χ0) is 19.9. The summed E-state index contributed by atoms with van der Waals surface area (Å²) in [5.74, 6) is 1.67. The minimum atomic E-state index is -0.240. The molecule has 3 aromatic rings. The van der Waals surface area contributed by atoms with Gasteiger partial charge in [-0.15, -0.1) is 15.3 Å². The van der Waals surface area contributed by atoms with Gasteiger partial charge in [-0.3, -0.25) is 9.25 Å². The molecular formula is C19H24FN5O2S. The van der Waals surface area contributed by atoms with Crippen LogP contribution in [-0.2, 0) is 23.6 Å². The summed E-state index contributed by atoms with van der Waals surface area (Å²) in [7, 11) is 1.66. The van der Waals surface area contributed by atoms with Gasteiger partial charge in [0.2, 0.25) is 5.88 Å². The molecule has 1 aromatic carbocycles. The van der Waals surface area contributed by atoms with Crippen LogP contribution in [0.2, 0.25) is 0 Å². The highest BCUT2D eigenvalue weighted by atomic mass is 32.2. The van der Waals surface area contributed by atoms with E-state index in [0.29, 0.717) is 37.2 Å². The van der Waals surface area contributed by atoms with Crippen molar-refractivity contribution in [1.29, 1.82) is 0 Å². The SMILES string of the molecule is CCOc1nn(CC)cc1-c1nnc(SCc2ccc(F)cc2)n1CCOC. The van der Waals surface area contributed by atoms with Crippen molar-refractivity contribution < 1.29 is 13.9 Å². The van der Waals surface area contributed by atoms with E-state index < -0.39 is 0 Å². The maximum Gasteiger partial charge on any atom is 0.243 e. The fourth-order valence-corrected chi connectivity index (χ4v) is 3.59. The Hall–Kier alpha value is -2.39. The molecule has 0 spiro atoms. The fraction of sp³-hybridized carbons (Fsp3) is 0.421. The van der Waals surface area contributed by atoms with Crippen LogP contribution in [0.15, 0.2) is 35.6 Å². The topological polar surface area (TPSA) is 67.0 Å². The Bertz CT molecular complexity index is 894. The van der Waals surface area contributed by atoms with E-state index in [9.17, 15) is 4.39 Å². The van der Waals surface area contributed by atoms with Crippen LogP contribution in [0.3, 0.4) is 0 Å². The van der Waals surface area contributed by atoms with Gasteiger partial charge in [0, 0.05) is 25.6 Å². The van der Waals surface area contributed by atoms with Crippen LogP contribution in [0.4, 0.5) is 4.39 Å². The van der Waals surface area contributed by atoms with Gasteiger partial charge in [0.05, 0.1) is 19.8 Å². The van der Waals surface area contributed by atoms with Crippen LogP contribution in [0.25, 0.3) is 11.4 Å². The molecule has 0 saturated heterocycles. The van der Waals surface area contributed by atoms with Crippen molar-refractivity contribution in [3.63, 3.8) is 0 Å². The summed E-state index contributed by atoms with van der Waals surface area (Å²) in [6.45, 7) is 6.33. The van der Waals surface area contributed by atoms with E-state index >= 15 is 0 Å². The first-order valence-electron chi connectivity index (χ1n) is 9.16. The molecule has 0 radical (unpaired) electrons. The standard InChI is InChI=1S/C19H24FN5O2S/c1-4-24-12-16(18(23-24)27-5-2)17-21-22-19(25(17)10-11-26-3)28-13-14-6-8-15(20)9-7-14/h6-9,12H,4-5,10-11,13H2,1-3H3. The fourth-order valence-electron chi connectivity index (χ4n) is 2.67. The maximum atomic E-state index is 13.1. The number of halogens is 1. The van der Waals surface area contributed by atoms with E-state index in [0.717, 1.165) is 22.8 Å². The minimum Gasteiger partial charge on any atom is -0.476 e. The summed E-state index contributed by atoms with van der Waals surface area (Å²) in [5.41, 5.74) is 1.82. The number of hydrogen-bond donors (Lipinski definition) is 0. The summed E-state index contributed by atoms with van der Waals surface area (Å²) in [4.78, 5) is 0. The van der Waals surface area contributed by atoms with Crippen LogP contribution >= 0.6 is 11.8 Å². The number of rotatable bonds is 10. The van der Waals surface area contributed by atoms with Crippen molar-refractivity contribution in [3.8, 4) is 17.3 Å². The second-order valence-electron chi connectivity index (χ2n) is 6.00. The first-order valence-corrected chi connectivity index (χ1v) is 10.1. The van der Waals surface area contributed by atoms with Crippen molar-refractivity contribution >= 4 is 11.8 Å². The highest BCUT2D eigenvalue weighted by Crippen LogP contribution is 2.31. The Balaban J connectivity index is 1.89. The number of benzene rings is 1. The lowest BCUT2D eigenvalue weighted by Gasteiger charge is -2.09. The Morgan fingerprint density at radius 1 is 1.14 bits per heavy atom. The second-order valence-corrected chi connectivity index (χ2v) is 6.94. The summed E-state index contributed by atoms with van der Waals surface area (Å²) >= 11 is 1.55. The van der Waals surface area contributed by atoms with Gasteiger partial charge in [0.25, 0.3) is 0 Å². The lowest BCUT2D eigenvalue weighted by Crippen LogP contribution is -2.08. The molecule has 2 heterocycles. The van der Waals surface area contributed by atoms with E-state index in [2.05, 4.69) is 15.3 Å². The number of nitrogens with zero attached hydrogens (tertiary/aromatic N) is 5. The van der Waals surface area contributed by atoms with Gasteiger partial charge in [0.1, 0.15) is 11.4 Å². The average Bonchev–Trinajstić information content (AvgIpc) is 3.29. The summed E-state index contributed by atoms with van der Waals surface area (Å²) in [6.07, 6.45) is 1.92. The molecule has 0 amide bonds. The number of thioether (sulfide) groups is 1. The predicted octanol–water partition coefficient (Wildman–Crippen LogP) is 3.64. The highest BCUT2D eigenvalue weighted by molar-refractivity contribution is 7.98. The maximum absolute atomic E-state index is 13.1. The summed E-state index contributed by atoms with van der Waals surface area (Å²) in [6, 6.07) is 6.48. The average molecular weight is 405 g/mol. The zero-order valence-electron chi connectivity index (χ0n) is 16.3. The largest absolute Gasteiger partial charge is 0.476 e. The molecule has 0 saturated carbocycles. The molecule has 150 valence electrons. The van der Waals surface area contributed by atoms with E-state index in [1.54, 1.807) is 31.0 Å². The van der Waals surface area contributed by atoms with Gasteiger partial charge < -0.3 is 9.47 Å². The van der Waals surface area contributed by atoms with Gasteiger partial charge in [-0.2, -0.15) is 0 Å². The molecule has 0 aliphatic carbocycles. The molecule has 0 atom stereocenters. The Morgan fingerprint density at radius 2 is 1.93 bits per heavy atom. The summed E-state index contributed by atoms with van der Waals surface area (Å²) in [5, 5.41) is 14.0. The third-order valence-electron chi connectivity index (χ3n) is 4.09. The smallest absolute Gasteiger partial charge is 0.243 e. The highest BCUT2D eigenvalue weighted by Gasteiger charge is 2.21. The Labute approximate surface area is 167 Å². The lowest BCUT2D eigenvalue weighted by atomic mass is 10.2. The van der Waals surface area contributed by atoms with Crippen molar-refractivity contribution in [2.75, 3.05) is 20.3 Å². The molecule has 0 bridgehead atoms. The van der Waals surface area contributed by atoms with E-state index in [1.807, 2.05) is 29.3 Å². The molecule has 3 rings (SSSR count). The van der Waals surface area contributed by atoms with Crippen LogP contribution in [0.1, 0.15) is 19.4 Å². The second kappa shape index (κ2) is 9.70. The molecule has 0 unspecified atom stereocenters. The molecule has 9 heteroatoms. The van der Waals surface area contributed by atoms with E-state index in [-0.39, 0.29) is 5.82 Å². The third kappa shape index (κ3) is 4.71.